The van der Waals surface area contributed by atoms with Crippen LogP contribution in [0, 0.1) is 17.0 Å². The monoisotopic (exact) mass is 417 g/mol. The Balaban J connectivity index is 1.66. The summed E-state index contributed by atoms with van der Waals surface area (Å²) in [7, 11) is 1.80. The Hall–Kier alpha value is -2.91. The van der Waals surface area contributed by atoms with Crippen LogP contribution in [0.3, 0.4) is 0 Å². The fourth-order valence-corrected chi connectivity index (χ4v) is 3.47. The third-order valence-corrected chi connectivity index (χ3v) is 5.33. The van der Waals surface area contributed by atoms with Gasteiger partial charge in [-0.2, -0.15) is 0 Å². The molecule has 28 heavy (non-hydrogen) atoms. The number of aromatic nitrogens is 3. The molecule has 0 radical (unpaired) electrons. The van der Waals surface area contributed by atoms with Crippen molar-refractivity contribution in [2.24, 2.45) is 7.05 Å². The molecular weight excluding hydrogens is 402 g/mol. The third-order valence-electron chi connectivity index (χ3n) is 3.98. The van der Waals surface area contributed by atoms with Gasteiger partial charge in [-0.1, -0.05) is 35.5 Å². The summed E-state index contributed by atoms with van der Waals surface area (Å²) in [5.41, 5.74) is 1.89. The molecule has 0 unspecified atom stereocenters. The molecule has 1 amide bonds. The molecule has 1 N–H and O–H groups in total. The number of thioether (sulfide) groups is 1. The molecule has 144 valence electrons. The van der Waals surface area contributed by atoms with Crippen molar-refractivity contribution in [1.82, 2.24) is 14.8 Å². The summed E-state index contributed by atoms with van der Waals surface area (Å²) >= 11 is 7.44. The number of rotatable bonds is 6. The number of hydrogen-bond donors (Lipinski definition) is 1. The number of halogens is 1. The smallest absolute Gasteiger partial charge is 0.269 e. The molecular formula is C18H16ClN5O3S. The number of nitrogens with one attached hydrogen (secondary N) is 1. The molecule has 0 aliphatic rings. The van der Waals surface area contributed by atoms with E-state index in [0.717, 1.165) is 5.56 Å². The Morgan fingerprint density at radius 3 is 2.71 bits per heavy atom. The number of non-ortho nitro benzene ring substituents is 1. The molecule has 2 aromatic carbocycles. The van der Waals surface area contributed by atoms with Crippen LogP contribution in [0.1, 0.15) is 5.56 Å². The summed E-state index contributed by atoms with van der Waals surface area (Å²) in [6, 6.07) is 11.6. The lowest BCUT2D eigenvalue weighted by Crippen LogP contribution is -2.15. The lowest BCUT2D eigenvalue weighted by Gasteiger charge is -2.08. The van der Waals surface area contributed by atoms with Crippen molar-refractivity contribution in [2.75, 3.05) is 11.1 Å². The molecule has 0 bridgehead atoms. The van der Waals surface area contributed by atoms with Gasteiger partial charge in [-0.3, -0.25) is 14.9 Å². The number of carbonyl (C=O) groups is 1. The second-order valence-electron chi connectivity index (χ2n) is 5.94. The van der Waals surface area contributed by atoms with Crippen molar-refractivity contribution in [3.05, 3.63) is 63.2 Å². The molecule has 8 nitrogen and oxygen atoms in total. The molecule has 10 heteroatoms. The summed E-state index contributed by atoms with van der Waals surface area (Å²) < 4.78 is 1.77. The van der Waals surface area contributed by atoms with E-state index in [-0.39, 0.29) is 17.3 Å². The predicted octanol–water partition coefficient (Wildman–Crippen LogP) is 4.08. The number of nitrogens with zero attached hydrogens (tertiary/aromatic N) is 4. The molecule has 0 spiro atoms. The topological polar surface area (TPSA) is 103 Å². The number of aryl methyl sites for hydroxylation is 1. The number of hydrogen-bond acceptors (Lipinski definition) is 6. The summed E-state index contributed by atoms with van der Waals surface area (Å²) in [4.78, 5) is 22.6. The van der Waals surface area contributed by atoms with Crippen LogP contribution >= 0.6 is 23.4 Å². The molecule has 0 saturated carbocycles. The molecule has 0 atom stereocenters. The fraction of sp³-hybridized carbons (Fsp3) is 0.167. The zero-order valence-electron chi connectivity index (χ0n) is 15.0. The van der Waals surface area contributed by atoms with Gasteiger partial charge < -0.3 is 9.88 Å². The molecule has 0 aliphatic carbocycles. The predicted molar refractivity (Wildman–Crippen MR) is 109 cm³/mol. The molecule has 3 aromatic rings. The number of amides is 1. The number of anilines is 1. The standard InChI is InChI=1S/C18H16ClN5O3S/c1-11-9-12(24(26)27)7-8-15(11)20-16(25)10-28-18-22-21-17(23(18)2)13-5-3-4-6-14(13)19/h3-9H,10H2,1-2H3,(H,20,25). The number of nitro groups is 1. The van der Waals surface area contributed by atoms with Gasteiger partial charge in [-0.25, -0.2) is 0 Å². The van der Waals surface area contributed by atoms with Crippen LogP contribution in [0.2, 0.25) is 5.02 Å². The van der Waals surface area contributed by atoms with Crippen LogP contribution < -0.4 is 5.32 Å². The molecule has 1 aromatic heterocycles. The van der Waals surface area contributed by atoms with E-state index in [1.807, 2.05) is 18.2 Å². The molecule has 0 fully saturated rings. The van der Waals surface area contributed by atoms with Gasteiger partial charge in [0.25, 0.3) is 5.69 Å². The van der Waals surface area contributed by atoms with E-state index in [4.69, 9.17) is 11.6 Å². The fourth-order valence-electron chi connectivity index (χ4n) is 2.54. The number of carbonyl (C=O) groups excluding carboxylic acids is 1. The van der Waals surface area contributed by atoms with Crippen molar-refractivity contribution in [2.45, 2.75) is 12.1 Å². The Kier molecular flexibility index (Phi) is 5.96. The van der Waals surface area contributed by atoms with E-state index < -0.39 is 4.92 Å². The molecule has 3 rings (SSSR count). The van der Waals surface area contributed by atoms with Gasteiger partial charge >= 0.3 is 0 Å². The maximum absolute atomic E-state index is 12.3. The van der Waals surface area contributed by atoms with Crippen molar-refractivity contribution in [1.29, 1.82) is 0 Å². The maximum Gasteiger partial charge on any atom is 0.269 e. The van der Waals surface area contributed by atoms with Crippen LogP contribution in [0.5, 0.6) is 0 Å². The van der Waals surface area contributed by atoms with E-state index in [1.165, 1.54) is 30.0 Å². The van der Waals surface area contributed by atoms with Crippen LogP contribution in [0.15, 0.2) is 47.6 Å². The Bertz CT molecular complexity index is 1050. The molecule has 1 heterocycles. The average molecular weight is 418 g/mol. The first-order valence-corrected chi connectivity index (χ1v) is 9.55. The van der Waals surface area contributed by atoms with E-state index in [0.29, 0.717) is 27.3 Å². The first-order valence-electron chi connectivity index (χ1n) is 8.19. The first-order chi connectivity index (χ1) is 13.4. The quantitative estimate of drug-likeness (QED) is 0.368. The van der Waals surface area contributed by atoms with Crippen LogP contribution in [0.25, 0.3) is 11.4 Å². The zero-order valence-corrected chi connectivity index (χ0v) is 16.6. The minimum absolute atomic E-state index is 0.0175. The number of benzene rings is 2. The summed E-state index contributed by atoms with van der Waals surface area (Å²) in [5, 5.41) is 23.0. The maximum atomic E-state index is 12.3. The zero-order chi connectivity index (χ0) is 20.3. The van der Waals surface area contributed by atoms with E-state index >= 15 is 0 Å². The largest absolute Gasteiger partial charge is 0.325 e. The first kappa shape index (κ1) is 19.8. The van der Waals surface area contributed by atoms with Gasteiger partial charge in [0.1, 0.15) is 0 Å². The van der Waals surface area contributed by atoms with Gasteiger partial charge in [0, 0.05) is 30.4 Å². The third kappa shape index (κ3) is 4.32. The highest BCUT2D eigenvalue weighted by atomic mass is 35.5. The van der Waals surface area contributed by atoms with Crippen LogP contribution in [-0.4, -0.2) is 31.3 Å². The van der Waals surface area contributed by atoms with Gasteiger partial charge in [0.05, 0.1) is 15.7 Å². The van der Waals surface area contributed by atoms with E-state index in [9.17, 15) is 14.9 Å². The SMILES string of the molecule is Cc1cc([N+](=O)[O-])ccc1NC(=O)CSc1nnc(-c2ccccc2Cl)n1C. The van der Waals surface area contributed by atoms with Gasteiger partial charge in [0.2, 0.25) is 5.91 Å². The highest BCUT2D eigenvalue weighted by molar-refractivity contribution is 7.99. The number of nitro benzene ring substituents is 1. The molecule has 0 aliphatic heterocycles. The van der Waals surface area contributed by atoms with Crippen molar-refractivity contribution in [3.8, 4) is 11.4 Å². The Morgan fingerprint density at radius 2 is 2.04 bits per heavy atom. The van der Waals surface area contributed by atoms with E-state index in [2.05, 4.69) is 15.5 Å². The van der Waals surface area contributed by atoms with Crippen molar-refractivity contribution < 1.29 is 9.72 Å². The summed E-state index contributed by atoms with van der Waals surface area (Å²) in [5.74, 6) is 0.481. The molecule has 0 saturated heterocycles. The van der Waals surface area contributed by atoms with E-state index in [1.54, 1.807) is 24.6 Å². The second-order valence-corrected chi connectivity index (χ2v) is 7.29. The van der Waals surface area contributed by atoms with Crippen LogP contribution in [0.4, 0.5) is 11.4 Å². The van der Waals surface area contributed by atoms with Crippen LogP contribution in [-0.2, 0) is 11.8 Å². The summed E-state index contributed by atoms with van der Waals surface area (Å²) in [6.45, 7) is 1.70. The minimum Gasteiger partial charge on any atom is -0.325 e. The second kappa shape index (κ2) is 8.41. The van der Waals surface area contributed by atoms with Gasteiger partial charge in [0.15, 0.2) is 11.0 Å². The lowest BCUT2D eigenvalue weighted by atomic mass is 10.2. The van der Waals surface area contributed by atoms with Crippen molar-refractivity contribution in [3.63, 3.8) is 0 Å². The Morgan fingerprint density at radius 1 is 1.29 bits per heavy atom. The lowest BCUT2D eigenvalue weighted by molar-refractivity contribution is -0.384. The Labute approximate surface area is 170 Å². The average Bonchev–Trinajstić information content (AvgIpc) is 3.02. The summed E-state index contributed by atoms with van der Waals surface area (Å²) in [6.07, 6.45) is 0. The highest BCUT2D eigenvalue weighted by Gasteiger charge is 2.15. The normalized spacial score (nSPS) is 10.7. The minimum atomic E-state index is -0.473. The van der Waals surface area contributed by atoms with Crippen molar-refractivity contribution >= 4 is 40.6 Å². The highest BCUT2D eigenvalue weighted by Crippen LogP contribution is 2.28. The van der Waals surface area contributed by atoms with Gasteiger partial charge in [-0.05, 0) is 30.7 Å². The van der Waals surface area contributed by atoms with Gasteiger partial charge in [-0.15, -0.1) is 10.2 Å².